The van der Waals surface area contributed by atoms with Crippen LogP contribution in [0.5, 0.6) is 0 Å². The maximum absolute atomic E-state index is 12.1. The lowest BCUT2D eigenvalue weighted by molar-refractivity contribution is -0.131. The molecule has 1 atom stereocenters. The van der Waals surface area contributed by atoms with E-state index in [1.807, 2.05) is 4.90 Å². The third-order valence-electron chi connectivity index (χ3n) is 3.94. The quantitative estimate of drug-likeness (QED) is 0.673. The van der Waals surface area contributed by atoms with Crippen molar-refractivity contribution >= 4 is 33.2 Å². The molecular weight excluding hydrogens is 346 g/mol. The molecule has 0 spiro atoms. The number of benzene rings is 1. The van der Waals surface area contributed by atoms with E-state index in [-0.39, 0.29) is 5.91 Å². The largest absolute Gasteiger partial charge is 0.385 e. The first-order chi connectivity index (χ1) is 11.4. The van der Waals surface area contributed by atoms with Crippen LogP contribution < -0.4 is 11.1 Å². The van der Waals surface area contributed by atoms with Crippen molar-refractivity contribution in [2.45, 2.75) is 30.2 Å². The van der Waals surface area contributed by atoms with E-state index in [1.54, 1.807) is 36.0 Å². The lowest BCUT2D eigenvalue weighted by atomic mass is 10.1. The first kappa shape index (κ1) is 19.1. The average Bonchev–Trinajstić information content (AvgIpc) is 3.07. The van der Waals surface area contributed by atoms with E-state index in [0.717, 1.165) is 43.2 Å². The minimum absolute atomic E-state index is 0.0596. The fourth-order valence-corrected chi connectivity index (χ4v) is 4.07. The number of amides is 1. The fraction of sp³-hybridized carbons (Fsp3) is 0.562. The van der Waals surface area contributed by atoms with Gasteiger partial charge >= 0.3 is 0 Å². The highest BCUT2D eigenvalue weighted by Crippen LogP contribution is 2.16. The van der Waals surface area contributed by atoms with Crippen molar-refractivity contribution in [1.29, 1.82) is 0 Å². The molecule has 24 heavy (non-hydrogen) atoms. The lowest BCUT2D eigenvalue weighted by Crippen LogP contribution is -2.42. The Morgan fingerprint density at radius 2 is 2.04 bits per heavy atom. The number of anilines is 1. The Balaban J connectivity index is 1.65. The molecule has 0 saturated carbocycles. The number of nitrogens with one attached hydrogen (secondary N) is 1. The molecule has 1 aliphatic heterocycles. The summed E-state index contributed by atoms with van der Waals surface area (Å²) in [5.74, 6) is 1.82. The van der Waals surface area contributed by atoms with Gasteiger partial charge in [-0.15, -0.1) is 11.8 Å². The van der Waals surface area contributed by atoms with Gasteiger partial charge in [0.15, 0.2) is 9.84 Å². The van der Waals surface area contributed by atoms with Crippen LogP contribution in [-0.2, 0) is 14.6 Å². The Morgan fingerprint density at radius 3 is 2.62 bits per heavy atom. The molecule has 1 amide bonds. The Labute approximate surface area is 148 Å². The van der Waals surface area contributed by atoms with Gasteiger partial charge in [-0.2, -0.15) is 0 Å². The molecule has 134 valence electrons. The zero-order valence-corrected chi connectivity index (χ0v) is 15.5. The zero-order chi connectivity index (χ0) is 17.6. The maximum Gasteiger partial charge on any atom is 0.240 e. The van der Waals surface area contributed by atoms with Crippen molar-refractivity contribution in [3.8, 4) is 0 Å². The molecule has 1 aromatic carbocycles. The summed E-state index contributed by atoms with van der Waals surface area (Å²) in [6.45, 7) is 1.57. The summed E-state index contributed by atoms with van der Waals surface area (Å²) in [4.78, 5) is 14.2. The molecule has 8 heteroatoms. The molecule has 1 unspecified atom stereocenters. The summed E-state index contributed by atoms with van der Waals surface area (Å²) < 4.78 is 22.8. The monoisotopic (exact) mass is 371 g/mol. The van der Waals surface area contributed by atoms with Crippen LogP contribution in [0.3, 0.4) is 0 Å². The molecule has 1 aromatic rings. The molecular formula is C16H25N3O3S2. The predicted molar refractivity (Wildman–Crippen MR) is 98.9 cm³/mol. The third kappa shape index (κ3) is 5.68. The van der Waals surface area contributed by atoms with Crippen LogP contribution in [0.25, 0.3) is 0 Å². The predicted octanol–water partition coefficient (Wildman–Crippen LogP) is 1.53. The van der Waals surface area contributed by atoms with E-state index in [1.165, 1.54) is 6.26 Å². The van der Waals surface area contributed by atoms with E-state index in [9.17, 15) is 13.2 Å². The molecule has 0 aliphatic carbocycles. The van der Waals surface area contributed by atoms with Crippen LogP contribution in [0.1, 0.15) is 19.3 Å². The van der Waals surface area contributed by atoms with Crippen LogP contribution in [0.15, 0.2) is 29.2 Å². The lowest BCUT2D eigenvalue weighted by Gasteiger charge is -2.19. The number of rotatable bonds is 8. The number of carbonyl (C=O) groups is 1. The summed E-state index contributed by atoms with van der Waals surface area (Å²) in [5, 5.41) is 3.25. The molecule has 0 aromatic heterocycles. The number of nitrogens with two attached hydrogens (primary N) is 1. The van der Waals surface area contributed by atoms with Gasteiger partial charge in [0.25, 0.3) is 0 Å². The Kier molecular flexibility index (Phi) is 6.94. The topological polar surface area (TPSA) is 92.5 Å². The summed E-state index contributed by atoms with van der Waals surface area (Å²) in [6.07, 6.45) is 3.67. The van der Waals surface area contributed by atoms with Gasteiger partial charge in [-0.05, 0) is 43.5 Å². The van der Waals surface area contributed by atoms with Crippen molar-refractivity contribution in [3.63, 3.8) is 0 Å². The Bertz CT molecular complexity index is 641. The number of nitrogens with zero attached hydrogens (tertiary/aromatic N) is 1. The van der Waals surface area contributed by atoms with Gasteiger partial charge in [0, 0.05) is 30.8 Å². The Hall–Kier alpha value is -1.25. The smallest absolute Gasteiger partial charge is 0.240 e. The molecule has 1 aliphatic rings. The molecule has 2 rings (SSSR count). The third-order valence-corrected chi connectivity index (χ3v) is 6.03. The van der Waals surface area contributed by atoms with Gasteiger partial charge in [-0.3, -0.25) is 4.79 Å². The van der Waals surface area contributed by atoms with Crippen molar-refractivity contribution in [2.24, 2.45) is 5.73 Å². The number of sulfone groups is 1. The molecule has 6 nitrogen and oxygen atoms in total. The van der Waals surface area contributed by atoms with Gasteiger partial charge in [-0.1, -0.05) is 0 Å². The highest BCUT2D eigenvalue weighted by Gasteiger charge is 2.23. The second-order valence-corrected chi connectivity index (χ2v) is 9.06. The maximum atomic E-state index is 12.1. The van der Waals surface area contributed by atoms with Gasteiger partial charge < -0.3 is 16.0 Å². The van der Waals surface area contributed by atoms with Gasteiger partial charge in [0.2, 0.25) is 5.91 Å². The van der Waals surface area contributed by atoms with E-state index < -0.39 is 15.9 Å². The van der Waals surface area contributed by atoms with E-state index in [0.29, 0.717) is 11.3 Å². The highest BCUT2D eigenvalue weighted by molar-refractivity contribution is 7.99. The molecule has 0 bridgehead atoms. The number of unbranched alkanes of at least 4 members (excludes halogenated alkanes) is 1. The Morgan fingerprint density at radius 1 is 1.33 bits per heavy atom. The van der Waals surface area contributed by atoms with Crippen molar-refractivity contribution < 1.29 is 13.2 Å². The van der Waals surface area contributed by atoms with Crippen LogP contribution in [0, 0.1) is 0 Å². The van der Waals surface area contributed by atoms with Crippen LogP contribution in [0.4, 0.5) is 5.69 Å². The second kappa shape index (κ2) is 8.73. The normalized spacial score (nSPS) is 16.2. The van der Waals surface area contributed by atoms with Crippen LogP contribution in [-0.4, -0.2) is 56.2 Å². The van der Waals surface area contributed by atoms with E-state index in [2.05, 4.69) is 5.32 Å². The molecule has 1 fully saturated rings. The van der Waals surface area contributed by atoms with E-state index in [4.69, 9.17) is 5.73 Å². The fourth-order valence-electron chi connectivity index (χ4n) is 2.49. The SMILES string of the molecule is CS(=O)(=O)c1ccc(NCCCCC(N)C(=O)N2CCSC2)cc1. The highest BCUT2D eigenvalue weighted by atomic mass is 32.2. The molecule has 3 N–H and O–H groups in total. The summed E-state index contributed by atoms with van der Waals surface area (Å²) in [7, 11) is -3.15. The first-order valence-electron chi connectivity index (χ1n) is 8.04. The van der Waals surface area contributed by atoms with Crippen LogP contribution >= 0.6 is 11.8 Å². The average molecular weight is 372 g/mol. The second-order valence-electron chi connectivity index (χ2n) is 5.96. The number of hydrogen-bond donors (Lipinski definition) is 2. The van der Waals surface area contributed by atoms with E-state index >= 15 is 0 Å². The molecule has 0 radical (unpaired) electrons. The van der Waals surface area contributed by atoms with Gasteiger partial charge in [0.1, 0.15) is 0 Å². The number of thioether (sulfide) groups is 1. The van der Waals surface area contributed by atoms with Crippen molar-refractivity contribution in [3.05, 3.63) is 24.3 Å². The van der Waals surface area contributed by atoms with Crippen LogP contribution in [0.2, 0.25) is 0 Å². The van der Waals surface area contributed by atoms with Crippen molar-refractivity contribution in [1.82, 2.24) is 4.90 Å². The summed E-state index contributed by atoms with van der Waals surface area (Å²) in [5.41, 5.74) is 6.86. The number of hydrogen-bond acceptors (Lipinski definition) is 6. The van der Waals surface area contributed by atoms with Crippen molar-refractivity contribution in [2.75, 3.05) is 36.3 Å². The number of carbonyl (C=O) groups excluding carboxylic acids is 1. The standard InChI is InChI=1S/C16H25N3O3S2/c1-24(21,22)14-7-5-13(6-8-14)18-9-3-2-4-15(17)16(20)19-10-11-23-12-19/h5-8,15,18H,2-4,9-12,17H2,1H3. The minimum atomic E-state index is -3.15. The molecule has 1 heterocycles. The van der Waals surface area contributed by atoms with Gasteiger partial charge in [-0.25, -0.2) is 8.42 Å². The first-order valence-corrected chi connectivity index (χ1v) is 11.1. The summed E-state index contributed by atoms with van der Waals surface area (Å²) >= 11 is 1.76. The molecule has 1 saturated heterocycles. The van der Waals surface area contributed by atoms with Gasteiger partial charge in [0.05, 0.1) is 16.8 Å². The summed E-state index contributed by atoms with van der Waals surface area (Å²) in [6, 6.07) is 6.31. The zero-order valence-electron chi connectivity index (χ0n) is 13.9. The minimum Gasteiger partial charge on any atom is -0.385 e.